The first-order chi connectivity index (χ1) is 17.2. The molecule has 1 atom stereocenters. The number of methoxy groups -OCH3 is 1. The Balaban J connectivity index is 1.43. The lowest BCUT2D eigenvalue weighted by molar-refractivity contribution is 0.354. The van der Waals surface area contributed by atoms with E-state index >= 15 is 0 Å². The van der Waals surface area contributed by atoms with E-state index in [2.05, 4.69) is 31.0 Å². The van der Waals surface area contributed by atoms with Gasteiger partial charge in [-0.15, -0.1) is 0 Å². The Morgan fingerprint density at radius 1 is 1.17 bits per heavy atom. The van der Waals surface area contributed by atoms with Gasteiger partial charge in [0, 0.05) is 29.0 Å². The maximum Gasteiger partial charge on any atom is 0.213 e. The second-order valence-electron chi connectivity index (χ2n) is 8.51. The highest BCUT2D eigenvalue weighted by Crippen LogP contribution is 2.33. The van der Waals surface area contributed by atoms with E-state index in [9.17, 15) is 8.42 Å². The largest absolute Gasteiger partial charge is 0.496 e. The third kappa shape index (κ3) is 4.43. The number of nitrogens with two attached hydrogens (primary N) is 1. The van der Waals surface area contributed by atoms with Crippen molar-refractivity contribution in [2.75, 3.05) is 12.4 Å². The van der Waals surface area contributed by atoms with Crippen LogP contribution in [0.3, 0.4) is 0 Å². The van der Waals surface area contributed by atoms with Gasteiger partial charge < -0.3 is 19.9 Å². The highest BCUT2D eigenvalue weighted by atomic mass is 32.2. The van der Waals surface area contributed by atoms with Crippen LogP contribution in [0.15, 0.2) is 68.8 Å². The molecule has 0 bridgehead atoms. The van der Waals surface area contributed by atoms with E-state index in [1.54, 1.807) is 31.3 Å². The molecule has 5 rings (SSSR count). The number of allylic oxidation sites excluding steroid dienone is 1. The average Bonchev–Trinajstić information content (AvgIpc) is 3.42. The summed E-state index contributed by atoms with van der Waals surface area (Å²) in [6.45, 7) is 3.66. The van der Waals surface area contributed by atoms with Gasteiger partial charge in [0.15, 0.2) is 9.84 Å². The number of aromatic amines is 1. The molecule has 12 heteroatoms. The Kier molecular flexibility index (Phi) is 5.77. The second-order valence-corrected chi connectivity index (χ2v) is 10.5. The molecular formula is C24H25N7O4S. The molecule has 36 heavy (non-hydrogen) atoms. The summed E-state index contributed by atoms with van der Waals surface area (Å²) in [7, 11) is -2.26. The fourth-order valence-electron chi connectivity index (χ4n) is 4.04. The second kappa shape index (κ2) is 8.81. The van der Waals surface area contributed by atoms with E-state index < -0.39 is 15.6 Å². The number of aromatic nitrogens is 3. The predicted molar refractivity (Wildman–Crippen MR) is 135 cm³/mol. The van der Waals surface area contributed by atoms with E-state index in [0.717, 1.165) is 22.3 Å². The number of hydrogen-bond acceptors (Lipinski definition) is 10. The van der Waals surface area contributed by atoms with Crippen molar-refractivity contribution >= 4 is 32.6 Å². The van der Waals surface area contributed by atoms with Gasteiger partial charge in [0.05, 0.1) is 28.8 Å². The molecule has 1 aliphatic heterocycles. The van der Waals surface area contributed by atoms with Crippen molar-refractivity contribution in [3.8, 4) is 5.75 Å². The monoisotopic (exact) mass is 507 g/mol. The zero-order valence-electron chi connectivity index (χ0n) is 19.9. The minimum absolute atomic E-state index is 0.0594. The number of rotatable bonds is 7. The maximum atomic E-state index is 13.1. The van der Waals surface area contributed by atoms with Crippen LogP contribution in [0.1, 0.15) is 22.7 Å². The van der Waals surface area contributed by atoms with E-state index in [1.165, 1.54) is 19.2 Å². The molecule has 0 spiro atoms. The molecule has 1 unspecified atom stereocenters. The Morgan fingerprint density at radius 3 is 2.75 bits per heavy atom. The van der Waals surface area contributed by atoms with Crippen LogP contribution in [0.5, 0.6) is 5.75 Å². The topological polar surface area (TPSA) is 161 Å². The lowest BCUT2D eigenvalue weighted by Crippen LogP contribution is -2.51. The summed E-state index contributed by atoms with van der Waals surface area (Å²) in [5.74, 6) is -0.330. The first-order valence-electron chi connectivity index (χ1n) is 11.0. The zero-order chi connectivity index (χ0) is 25.5. The quantitative estimate of drug-likeness (QED) is 0.295. The van der Waals surface area contributed by atoms with Gasteiger partial charge in [0.1, 0.15) is 23.1 Å². The summed E-state index contributed by atoms with van der Waals surface area (Å²) in [4.78, 5) is 4.46. The standard InChI is InChI=1S/C24H25N7O4S/c1-14-10-17(31-35-14)13-36(32,33)18-5-7-22(34-3)20(12-18)24(25)26-9-8-23(28-24)27-16-4-6-19-15(2)29-30-21(19)11-16/h4-12,27-28H,13,25H2,1-3H3,(H,29,30). The summed E-state index contributed by atoms with van der Waals surface area (Å²) >= 11 is 0. The summed E-state index contributed by atoms with van der Waals surface area (Å²) in [6.07, 6.45) is 3.28. The van der Waals surface area contributed by atoms with Crippen molar-refractivity contribution in [1.82, 2.24) is 20.7 Å². The molecule has 0 amide bonds. The van der Waals surface area contributed by atoms with Crippen LogP contribution in [0, 0.1) is 13.8 Å². The Bertz CT molecular complexity index is 1620. The first kappa shape index (κ1) is 23.6. The number of H-pyrrole nitrogens is 1. The molecule has 0 radical (unpaired) electrons. The minimum atomic E-state index is -3.75. The molecule has 3 heterocycles. The number of benzene rings is 2. The molecule has 186 valence electrons. The van der Waals surface area contributed by atoms with Gasteiger partial charge in [-0.3, -0.25) is 10.8 Å². The van der Waals surface area contributed by atoms with Crippen molar-refractivity contribution in [1.29, 1.82) is 0 Å². The van der Waals surface area contributed by atoms with Crippen molar-refractivity contribution in [2.45, 2.75) is 30.3 Å². The average molecular weight is 508 g/mol. The fourth-order valence-corrected chi connectivity index (χ4v) is 5.30. The summed E-state index contributed by atoms with van der Waals surface area (Å²) < 4.78 is 36.7. The molecule has 0 saturated heterocycles. The smallest absolute Gasteiger partial charge is 0.213 e. The van der Waals surface area contributed by atoms with Gasteiger partial charge in [0.2, 0.25) is 5.79 Å². The molecule has 11 nitrogen and oxygen atoms in total. The van der Waals surface area contributed by atoms with E-state index in [4.69, 9.17) is 15.0 Å². The Hall–Kier alpha value is -4.16. The third-order valence-corrected chi connectivity index (χ3v) is 7.47. The number of anilines is 1. The number of aliphatic imine (C=N–C) groups is 1. The van der Waals surface area contributed by atoms with E-state index in [0.29, 0.717) is 28.6 Å². The molecule has 5 N–H and O–H groups in total. The van der Waals surface area contributed by atoms with Crippen LogP contribution in [0.25, 0.3) is 10.9 Å². The normalized spacial score (nSPS) is 17.6. The number of fused-ring (bicyclic) bond motifs is 1. The molecule has 4 aromatic rings. The van der Waals surface area contributed by atoms with Crippen LogP contribution >= 0.6 is 0 Å². The van der Waals surface area contributed by atoms with Gasteiger partial charge in [-0.25, -0.2) is 13.4 Å². The minimum Gasteiger partial charge on any atom is -0.496 e. The number of sulfone groups is 1. The van der Waals surface area contributed by atoms with Gasteiger partial charge >= 0.3 is 0 Å². The third-order valence-electron chi connectivity index (χ3n) is 5.82. The fraction of sp³-hybridized carbons (Fsp3) is 0.208. The lowest BCUT2D eigenvalue weighted by Gasteiger charge is -2.33. The number of aryl methyl sites for hydroxylation is 2. The van der Waals surface area contributed by atoms with Crippen LogP contribution in [-0.4, -0.2) is 37.1 Å². The SMILES string of the molecule is COc1ccc(S(=O)(=O)Cc2cc(C)on2)cc1C1(N)N=CC=C(Nc2ccc3c(C)[nH]nc3c2)N1. The van der Waals surface area contributed by atoms with Gasteiger partial charge in [-0.1, -0.05) is 5.16 Å². The first-order valence-corrected chi connectivity index (χ1v) is 12.7. The highest BCUT2D eigenvalue weighted by molar-refractivity contribution is 7.90. The van der Waals surface area contributed by atoms with Crippen molar-refractivity contribution < 1.29 is 17.7 Å². The predicted octanol–water partition coefficient (Wildman–Crippen LogP) is 2.85. The molecular weight excluding hydrogens is 482 g/mol. The number of ether oxygens (including phenoxy) is 1. The zero-order valence-corrected chi connectivity index (χ0v) is 20.7. The number of nitrogens with one attached hydrogen (secondary N) is 3. The Labute approximate surface area is 207 Å². The molecule has 0 fully saturated rings. The molecule has 1 aliphatic rings. The van der Waals surface area contributed by atoms with Gasteiger partial charge in [0.25, 0.3) is 0 Å². The lowest BCUT2D eigenvalue weighted by atomic mass is 10.1. The van der Waals surface area contributed by atoms with Crippen molar-refractivity contribution in [2.24, 2.45) is 10.7 Å². The molecule has 0 saturated carbocycles. The van der Waals surface area contributed by atoms with Crippen molar-refractivity contribution in [3.63, 3.8) is 0 Å². The van der Waals surface area contributed by atoms with Crippen LogP contribution in [0.4, 0.5) is 5.69 Å². The number of hydrogen-bond donors (Lipinski definition) is 4. The van der Waals surface area contributed by atoms with Gasteiger partial charge in [-0.05, 0) is 56.3 Å². The summed E-state index contributed by atoms with van der Waals surface area (Å²) in [5.41, 5.74) is 9.92. The maximum absolute atomic E-state index is 13.1. The Morgan fingerprint density at radius 2 is 2.00 bits per heavy atom. The van der Waals surface area contributed by atoms with E-state index in [1.807, 2.05) is 25.1 Å². The summed E-state index contributed by atoms with van der Waals surface area (Å²) in [5, 5.41) is 18.5. The van der Waals surface area contributed by atoms with Gasteiger partial charge in [-0.2, -0.15) is 5.10 Å². The summed E-state index contributed by atoms with van der Waals surface area (Å²) in [6, 6.07) is 11.9. The molecule has 2 aromatic carbocycles. The van der Waals surface area contributed by atoms with Crippen LogP contribution in [-0.2, 0) is 21.4 Å². The van der Waals surface area contributed by atoms with Crippen LogP contribution in [0.2, 0.25) is 0 Å². The molecule has 2 aromatic heterocycles. The highest BCUT2D eigenvalue weighted by Gasteiger charge is 2.33. The van der Waals surface area contributed by atoms with Crippen LogP contribution < -0.4 is 21.1 Å². The number of nitrogens with zero attached hydrogens (tertiary/aromatic N) is 3. The van der Waals surface area contributed by atoms with Crippen molar-refractivity contribution in [3.05, 3.63) is 77.1 Å². The van der Waals surface area contributed by atoms with E-state index in [-0.39, 0.29) is 10.6 Å². The molecule has 0 aliphatic carbocycles.